The van der Waals surface area contributed by atoms with Crippen LogP contribution in [0.1, 0.15) is 97.4 Å². The maximum atomic E-state index is 13.1. The summed E-state index contributed by atoms with van der Waals surface area (Å²) in [6, 6.07) is 34.2. The number of likely N-dealkylation sites (tertiary alicyclic amines) is 2. The maximum absolute atomic E-state index is 13.1. The zero-order valence-electron chi connectivity index (χ0n) is 57.2. The number of rotatable bonds is 17. The molecule has 0 aliphatic carbocycles. The number of halogens is 6. The number of aromatic nitrogens is 8. The Morgan fingerprint density at radius 2 is 0.922 bits per heavy atom. The van der Waals surface area contributed by atoms with Gasteiger partial charge in [0.2, 0.25) is 0 Å². The summed E-state index contributed by atoms with van der Waals surface area (Å²) in [7, 11) is 3.23. The summed E-state index contributed by atoms with van der Waals surface area (Å²) in [6.45, 7) is 13.8. The Hall–Kier alpha value is -11.9. The van der Waals surface area contributed by atoms with Crippen LogP contribution in [0.5, 0.6) is 34.5 Å². The van der Waals surface area contributed by atoms with Crippen LogP contribution < -0.4 is 40.6 Å². The van der Waals surface area contributed by atoms with E-state index >= 15 is 0 Å². The molecule has 10 aromatic rings. The van der Waals surface area contributed by atoms with E-state index in [4.69, 9.17) is 44.4 Å². The van der Waals surface area contributed by atoms with Gasteiger partial charge in [0, 0.05) is 80.7 Å². The summed E-state index contributed by atoms with van der Waals surface area (Å²) in [4.78, 5) is 69.3. The zero-order valence-corrected chi connectivity index (χ0v) is 57.2. The van der Waals surface area contributed by atoms with E-state index in [1.165, 1.54) is 24.3 Å². The Bertz CT molecular complexity index is 4620. The molecule has 0 saturated carbocycles. The molecule has 0 bridgehead atoms. The molecule has 2 aliphatic rings. The van der Waals surface area contributed by atoms with E-state index in [9.17, 15) is 50.6 Å². The number of methoxy groups -OCH3 is 2. The maximum Gasteiger partial charge on any atom is 0.416 e. The molecule has 0 radical (unpaired) electrons. The Balaban J connectivity index is 0.000000196. The normalized spacial score (nSPS) is 14.5. The molecule has 6 N–H and O–H groups in total. The topological polar surface area (TPSA) is 300 Å². The van der Waals surface area contributed by atoms with Gasteiger partial charge in [-0.05, 0) is 163 Å². The number of nitrogens with two attached hydrogens (primary N) is 1. The van der Waals surface area contributed by atoms with Gasteiger partial charge in [0.05, 0.1) is 44.0 Å². The lowest BCUT2D eigenvalue weighted by Crippen LogP contribution is -2.36. The van der Waals surface area contributed by atoms with Gasteiger partial charge in [-0.1, -0.05) is 24.3 Å². The van der Waals surface area contributed by atoms with Gasteiger partial charge in [-0.3, -0.25) is 4.79 Å². The molecule has 540 valence electrons. The lowest BCUT2D eigenvalue weighted by molar-refractivity contribution is -0.138. The van der Waals surface area contributed by atoms with Gasteiger partial charge in [-0.15, -0.1) is 0 Å². The third kappa shape index (κ3) is 19.8. The Morgan fingerprint density at radius 3 is 1.31 bits per heavy atom. The molecule has 0 unspecified atom stereocenters. The fraction of sp³-hybridized carbons (Fsp3) is 0.306. The number of carboxylic acids is 1. The number of fused-ring (bicyclic) bond motifs is 2. The fourth-order valence-electron chi connectivity index (χ4n) is 10.8. The van der Waals surface area contributed by atoms with Crippen molar-refractivity contribution in [1.29, 1.82) is 0 Å². The molecule has 103 heavy (non-hydrogen) atoms. The number of hydrogen-bond acceptors (Lipinski definition) is 19. The number of carbonyl (C=O) groups is 4. The van der Waals surface area contributed by atoms with Gasteiger partial charge < -0.3 is 65.0 Å². The molecular formula is C72H74F6N14O11. The molecule has 2 aliphatic heterocycles. The summed E-state index contributed by atoms with van der Waals surface area (Å²) in [6.07, 6.45) is -2.97. The van der Waals surface area contributed by atoms with Gasteiger partial charge in [-0.2, -0.15) is 36.5 Å². The lowest BCUT2D eigenvalue weighted by Gasteiger charge is -2.24. The van der Waals surface area contributed by atoms with Crippen molar-refractivity contribution in [1.82, 2.24) is 49.3 Å². The minimum atomic E-state index is -4.57. The second-order valence-corrected chi connectivity index (χ2v) is 25.7. The highest BCUT2D eigenvalue weighted by Crippen LogP contribution is 2.39. The summed E-state index contributed by atoms with van der Waals surface area (Å²) in [5.74, 6) is 2.42. The average molecular weight is 1430 g/mol. The van der Waals surface area contributed by atoms with Crippen molar-refractivity contribution in [2.45, 2.75) is 103 Å². The number of nitrogens with zero attached hydrogens (tertiary/aromatic N) is 10. The Labute approximate surface area is 586 Å². The molecule has 2 fully saturated rings. The number of carbonyl (C=O) groups excluding carboxylic acids is 3. The van der Waals surface area contributed by atoms with Crippen LogP contribution in [0.4, 0.5) is 59.2 Å². The molecular weight excluding hydrogens is 1350 g/mol. The van der Waals surface area contributed by atoms with E-state index in [2.05, 4.69) is 35.9 Å². The van der Waals surface area contributed by atoms with Crippen LogP contribution in [-0.2, 0) is 34.9 Å². The van der Waals surface area contributed by atoms with Crippen LogP contribution in [0.15, 0.2) is 158 Å². The number of pyridine rings is 4. The van der Waals surface area contributed by atoms with E-state index < -0.39 is 46.6 Å². The minimum absolute atomic E-state index is 0.0574. The summed E-state index contributed by atoms with van der Waals surface area (Å²) in [5.41, 5.74) is 5.67. The quantitative estimate of drug-likeness (QED) is 0.0529. The van der Waals surface area contributed by atoms with Crippen molar-refractivity contribution in [3.8, 4) is 34.5 Å². The van der Waals surface area contributed by atoms with Gasteiger partial charge in [0.25, 0.3) is 5.91 Å². The van der Waals surface area contributed by atoms with Crippen LogP contribution in [0, 0.1) is 0 Å². The van der Waals surface area contributed by atoms with Gasteiger partial charge in [0.15, 0.2) is 22.9 Å². The summed E-state index contributed by atoms with van der Waals surface area (Å²) < 4.78 is 113. The molecule has 8 heterocycles. The van der Waals surface area contributed by atoms with E-state index in [0.29, 0.717) is 102 Å². The first-order valence-corrected chi connectivity index (χ1v) is 32.2. The van der Waals surface area contributed by atoms with Crippen molar-refractivity contribution in [3.63, 3.8) is 0 Å². The molecule has 4 aromatic carbocycles. The van der Waals surface area contributed by atoms with Gasteiger partial charge in [0.1, 0.15) is 68.1 Å². The predicted octanol–water partition coefficient (Wildman–Crippen LogP) is 14.5. The zero-order chi connectivity index (χ0) is 74.0. The van der Waals surface area contributed by atoms with Crippen LogP contribution in [0.3, 0.4) is 0 Å². The van der Waals surface area contributed by atoms with Crippen molar-refractivity contribution < 1.29 is 79.0 Å². The number of hydrogen-bond donors (Lipinski definition) is 5. The molecule has 12 rings (SSSR count). The molecule has 6 aromatic heterocycles. The second kappa shape index (κ2) is 31.3. The first-order chi connectivity index (χ1) is 48.8. The number of amides is 3. The van der Waals surface area contributed by atoms with Crippen LogP contribution in [0.2, 0.25) is 0 Å². The minimum Gasteiger partial charge on any atom is -0.497 e. The van der Waals surface area contributed by atoms with Gasteiger partial charge in [-0.25, -0.2) is 43.7 Å². The van der Waals surface area contributed by atoms with Crippen molar-refractivity contribution in [3.05, 3.63) is 192 Å². The van der Waals surface area contributed by atoms with E-state index in [1.54, 1.807) is 82.2 Å². The molecule has 25 nitrogen and oxygen atoms in total. The highest BCUT2D eigenvalue weighted by molar-refractivity contribution is 6.04. The highest BCUT2D eigenvalue weighted by Gasteiger charge is 2.35. The van der Waals surface area contributed by atoms with E-state index in [-0.39, 0.29) is 47.0 Å². The number of alkyl halides is 6. The third-order valence-corrected chi connectivity index (χ3v) is 15.6. The number of aromatic carboxylic acids is 1. The van der Waals surface area contributed by atoms with Crippen LogP contribution >= 0.6 is 0 Å². The number of anilines is 4. The first kappa shape index (κ1) is 73.8. The number of nitrogens with one attached hydrogen (secondary N) is 3. The SMILES string of the molecule is COc1ccc(Cn2nc(N[C@@H]3CCN(C(=O)OC(C)(C)C)C3)c3c(Oc4ccc(C(=O)Nc5cc(C(F)(F)F)ccn5)cc4)ccnc32)cc1.COc1ccc(Cn2nc(N[C@@H]3CCN(C(=O)OC(C)(C)C)C3)c3c(Oc4ccc(C(=O)O)cc4)ccnc32)cc1.Nc1cc(C(F)(F)F)ccn1. The third-order valence-electron chi connectivity index (χ3n) is 15.6. The summed E-state index contributed by atoms with van der Waals surface area (Å²) in [5, 5.41) is 29.7. The average Bonchev–Trinajstić information content (AvgIpc) is 1.63. The fourth-order valence-corrected chi connectivity index (χ4v) is 10.8. The predicted molar refractivity (Wildman–Crippen MR) is 370 cm³/mol. The smallest absolute Gasteiger partial charge is 0.416 e. The van der Waals surface area contributed by atoms with Crippen molar-refractivity contribution >= 4 is 69.4 Å². The monoisotopic (exact) mass is 1420 g/mol. The van der Waals surface area contributed by atoms with E-state index in [1.807, 2.05) is 90.1 Å². The molecule has 2 atom stereocenters. The number of carboxylic acid groups (broad SMARTS) is 1. The van der Waals surface area contributed by atoms with Crippen LogP contribution in [0.25, 0.3) is 22.1 Å². The van der Waals surface area contributed by atoms with Gasteiger partial charge >= 0.3 is 30.5 Å². The number of benzene rings is 4. The lowest BCUT2D eigenvalue weighted by atomic mass is 10.2. The number of nitrogen functional groups attached to an aromatic ring is 1. The standard InChI is InChI=1S/C36H36F3N7O5.C30H33N5O6.C6H5F3N2/c1-35(2,3)51-34(48)45-18-15-25(21-45)42-31-30-28(14-17-41-32(30)46(44-31)20-22-5-9-26(49-4)10-6-22)50-27-11-7-23(8-12-27)33(47)43-29-19-24(13-16-40-29)36(37,38)39;1-30(2,3)41-29(38)34-16-14-21(18-34)32-26-25-24(40-23-11-7-20(8-12-23)28(36)37)13-15-31-27(25)35(33-26)17-19-5-9-22(39-4)10-6-19;7-6(8,9)4-1-2-11-5(10)3-4/h5-14,16-17,19,25H,15,18,20-21H2,1-4H3,(H,42,44)(H,40,43,47);5-13,15,21H,14,16-18H2,1-4H3,(H,32,33)(H,36,37);1-3H,(H2,10,11)/t25-;21-;/m11./s1. The summed E-state index contributed by atoms with van der Waals surface area (Å²) >= 11 is 0. The van der Waals surface area contributed by atoms with E-state index in [0.717, 1.165) is 65.7 Å². The van der Waals surface area contributed by atoms with Crippen LogP contribution in [-0.4, -0.2) is 142 Å². The molecule has 0 spiro atoms. The molecule has 2 saturated heterocycles. The Kier molecular flexibility index (Phi) is 22.4. The molecule has 31 heteroatoms. The highest BCUT2D eigenvalue weighted by atomic mass is 19.4. The van der Waals surface area contributed by atoms with Crippen molar-refractivity contribution in [2.24, 2.45) is 0 Å². The number of ether oxygens (including phenoxy) is 6. The first-order valence-electron chi connectivity index (χ1n) is 32.2. The van der Waals surface area contributed by atoms with Crippen molar-refractivity contribution in [2.75, 3.05) is 62.1 Å². The molecule has 3 amide bonds. The Morgan fingerprint density at radius 1 is 0.524 bits per heavy atom. The second-order valence-electron chi connectivity index (χ2n) is 25.7. The largest absolute Gasteiger partial charge is 0.497 e.